The van der Waals surface area contributed by atoms with Gasteiger partial charge in [0.15, 0.2) is 11.6 Å². The highest BCUT2D eigenvalue weighted by atomic mass is 16.5. The van der Waals surface area contributed by atoms with Crippen LogP contribution in [0.4, 0.5) is 11.6 Å². The molecule has 1 fully saturated rings. The lowest BCUT2D eigenvalue weighted by atomic mass is 10.00. The predicted molar refractivity (Wildman–Crippen MR) is 106 cm³/mol. The Bertz CT molecular complexity index is 970. The fourth-order valence-corrected chi connectivity index (χ4v) is 3.43. The van der Waals surface area contributed by atoms with Crippen LogP contribution in [0.5, 0.6) is 0 Å². The third kappa shape index (κ3) is 4.03. The molecule has 3 aromatic rings. The van der Waals surface area contributed by atoms with Gasteiger partial charge in [0.25, 0.3) is 5.91 Å². The van der Waals surface area contributed by atoms with Crippen LogP contribution in [-0.4, -0.2) is 39.0 Å². The number of aromatic nitrogens is 3. The first-order chi connectivity index (χ1) is 13.6. The Kier molecular flexibility index (Phi) is 5.06. The number of benzene rings is 1. The molecular weight excluding hydrogens is 354 g/mol. The first-order valence-corrected chi connectivity index (χ1v) is 9.52. The third-order valence-corrected chi connectivity index (χ3v) is 4.81. The van der Waals surface area contributed by atoms with Gasteiger partial charge in [0.1, 0.15) is 17.3 Å². The van der Waals surface area contributed by atoms with Gasteiger partial charge in [-0.15, -0.1) is 0 Å². The highest BCUT2D eigenvalue weighted by Gasteiger charge is 2.24. The monoisotopic (exact) mass is 377 g/mol. The molecule has 28 heavy (non-hydrogen) atoms. The molecule has 7 nitrogen and oxygen atoms in total. The molecule has 1 saturated heterocycles. The summed E-state index contributed by atoms with van der Waals surface area (Å²) in [6.45, 7) is 5.52. The second kappa shape index (κ2) is 7.80. The van der Waals surface area contributed by atoms with Gasteiger partial charge in [-0.25, -0.2) is 9.97 Å². The molecule has 1 aliphatic heterocycles. The van der Waals surface area contributed by atoms with Crippen molar-refractivity contribution in [3.63, 3.8) is 0 Å². The minimum atomic E-state index is -0.0643. The lowest BCUT2D eigenvalue weighted by Gasteiger charge is -2.30. The Morgan fingerprint density at radius 3 is 2.71 bits per heavy atom. The van der Waals surface area contributed by atoms with Crippen LogP contribution in [-0.2, 0) is 0 Å². The fraction of sp³-hybridized carbons (Fsp3) is 0.333. The number of amides is 1. The summed E-state index contributed by atoms with van der Waals surface area (Å²) in [4.78, 5) is 24.1. The maximum Gasteiger partial charge on any atom is 0.272 e. The van der Waals surface area contributed by atoms with Gasteiger partial charge >= 0.3 is 0 Å². The third-order valence-electron chi connectivity index (χ3n) is 4.81. The smallest absolute Gasteiger partial charge is 0.272 e. The van der Waals surface area contributed by atoms with E-state index in [1.54, 1.807) is 12.1 Å². The zero-order chi connectivity index (χ0) is 19.5. The Morgan fingerprint density at radius 1 is 1.18 bits per heavy atom. The molecule has 7 heteroatoms. The first kappa shape index (κ1) is 18.2. The lowest BCUT2D eigenvalue weighted by molar-refractivity contribution is 0.0677. The molecule has 3 heterocycles. The molecule has 1 unspecified atom stereocenters. The Morgan fingerprint density at radius 2 is 2.00 bits per heavy atom. The molecule has 0 spiro atoms. The number of carbonyl (C=O) groups excluding carboxylic acids is 1. The Balaban J connectivity index is 1.70. The molecule has 144 valence electrons. The van der Waals surface area contributed by atoms with E-state index in [1.807, 2.05) is 42.2 Å². The number of piperidine rings is 1. The van der Waals surface area contributed by atoms with E-state index in [2.05, 4.69) is 27.4 Å². The first-order valence-electron chi connectivity index (χ1n) is 9.52. The molecule has 1 aliphatic rings. The summed E-state index contributed by atoms with van der Waals surface area (Å²) in [6.07, 6.45) is 2.17. The summed E-state index contributed by atoms with van der Waals surface area (Å²) >= 11 is 0. The second-order valence-electron chi connectivity index (χ2n) is 7.27. The van der Waals surface area contributed by atoms with Gasteiger partial charge in [-0.05, 0) is 25.7 Å². The van der Waals surface area contributed by atoms with Crippen molar-refractivity contribution in [1.82, 2.24) is 20.0 Å². The van der Waals surface area contributed by atoms with Gasteiger partial charge in [-0.2, -0.15) is 0 Å². The molecular formula is C21H23N5O2. The van der Waals surface area contributed by atoms with Crippen LogP contribution in [0.3, 0.4) is 0 Å². The number of likely N-dealkylation sites (tertiary alicyclic amines) is 1. The van der Waals surface area contributed by atoms with Crippen LogP contribution in [0.1, 0.15) is 36.0 Å². The quantitative estimate of drug-likeness (QED) is 0.738. The number of nitrogens with one attached hydrogen (secondary N) is 1. The molecule has 4 rings (SSSR count). The highest BCUT2D eigenvalue weighted by molar-refractivity contribution is 5.93. The average Bonchev–Trinajstić information content (AvgIpc) is 3.12. The van der Waals surface area contributed by atoms with Crippen LogP contribution in [0.25, 0.3) is 11.4 Å². The number of rotatable bonds is 4. The molecule has 1 N–H and O–H groups in total. The van der Waals surface area contributed by atoms with Gasteiger partial charge in [0, 0.05) is 30.8 Å². The topological polar surface area (TPSA) is 84.2 Å². The van der Waals surface area contributed by atoms with E-state index < -0.39 is 0 Å². The van der Waals surface area contributed by atoms with Gasteiger partial charge in [0.05, 0.1) is 0 Å². The van der Waals surface area contributed by atoms with Gasteiger partial charge in [-0.3, -0.25) is 4.79 Å². The van der Waals surface area contributed by atoms with E-state index in [9.17, 15) is 4.79 Å². The zero-order valence-corrected chi connectivity index (χ0v) is 16.1. The molecule has 1 atom stereocenters. The van der Waals surface area contributed by atoms with Crippen molar-refractivity contribution >= 4 is 17.5 Å². The minimum absolute atomic E-state index is 0.0643. The average molecular weight is 377 g/mol. The number of anilines is 2. The predicted octanol–water partition coefficient (Wildman–Crippen LogP) is 4.06. The Hall–Kier alpha value is -3.22. The largest absolute Gasteiger partial charge is 0.360 e. The van der Waals surface area contributed by atoms with Crippen molar-refractivity contribution in [2.24, 2.45) is 5.92 Å². The summed E-state index contributed by atoms with van der Waals surface area (Å²) in [5, 5.41) is 7.06. The van der Waals surface area contributed by atoms with Gasteiger partial charge in [0.2, 0.25) is 0 Å². The van der Waals surface area contributed by atoms with Crippen molar-refractivity contribution < 1.29 is 9.32 Å². The van der Waals surface area contributed by atoms with Gasteiger partial charge < -0.3 is 14.7 Å². The molecule has 1 amide bonds. The molecule has 1 aromatic carbocycles. The Labute approximate surface area is 163 Å². The van der Waals surface area contributed by atoms with E-state index in [4.69, 9.17) is 4.52 Å². The molecule has 0 bridgehead atoms. The van der Waals surface area contributed by atoms with Crippen molar-refractivity contribution in [3.05, 3.63) is 53.9 Å². The summed E-state index contributed by atoms with van der Waals surface area (Å²) in [5.74, 6) is 2.68. The van der Waals surface area contributed by atoms with E-state index in [0.717, 1.165) is 31.5 Å². The minimum Gasteiger partial charge on any atom is -0.360 e. The summed E-state index contributed by atoms with van der Waals surface area (Å²) < 4.78 is 5.11. The van der Waals surface area contributed by atoms with Gasteiger partial charge in [-0.1, -0.05) is 42.4 Å². The van der Waals surface area contributed by atoms with Crippen LogP contribution < -0.4 is 5.32 Å². The normalized spacial score (nSPS) is 16.8. The van der Waals surface area contributed by atoms with Crippen molar-refractivity contribution in [2.45, 2.75) is 26.7 Å². The fourth-order valence-electron chi connectivity index (χ4n) is 3.43. The van der Waals surface area contributed by atoms with E-state index in [-0.39, 0.29) is 5.91 Å². The number of carbonyl (C=O) groups is 1. The molecule has 0 aliphatic carbocycles. The highest BCUT2D eigenvalue weighted by Crippen LogP contribution is 2.23. The summed E-state index contributed by atoms with van der Waals surface area (Å²) in [7, 11) is 0. The maximum atomic E-state index is 13.1. The summed E-state index contributed by atoms with van der Waals surface area (Å²) in [5.41, 5.74) is 1.23. The van der Waals surface area contributed by atoms with Crippen LogP contribution in [0, 0.1) is 12.8 Å². The van der Waals surface area contributed by atoms with Crippen LogP contribution >= 0.6 is 0 Å². The number of hydrogen-bond donors (Lipinski definition) is 1. The van der Waals surface area contributed by atoms with E-state index in [0.29, 0.717) is 34.8 Å². The molecule has 0 saturated carbocycles. The lowest BCUT2D eigenvalue weighted by Crippen LogP contribution is -2.39. The van der Waals surface area contributed by atoms with Crippen molar-refractivity contribution in [2.75, 3.05) is 18.4 Å². The zero-order valence-electron chi connectivity index (χ0n) is 16.1. The van der Waals surface area contributed by atoms with Crippen LogP contribution in [0.15, 0.2) is 47.0 Å². The number of aryl methyl sites for hydroxylation is 1. The standard InChI is InChI=1S/C21H23N5O2/c1-14-7-6-10-26(13-14)21(27)17-12-18(23-19-11-15(2)28-25-19)24-20(22-17)16-8-4-3-5-9-16/h3-5,8-9,11-12,14H,6-7,10,13H2,1-2H3,(H,22,23,24,25). The van der Waals surface area contributed by atoms with Crippen LogP contribution in [0.2, 0.25) is 0 Å². The van der Waals surface area contributed by atoms with Crippen molar-refractivity contribution in [1.29, 1.82) is 0 Å². The number of nitrogens with zero attached hydrogens (tertiary/aromatic N) is 4. The number of hydrogen-bond acceptors (Lipinski definition) is 6. The van der Waals surface area contributed by atoms with Crippen molar-refractivity contribution in [3.8, 4) is 11.4 Å². The van der Waals surface area contributed by atoms with E-state index >= 15 is 0 Å². The molecule has 0 radical (unpaired) electrons. The summed E-state index contributed by atoms with van der Waals surface area (Å²) in [6, 6.07) is 13.1. The van der Waals surface area contributed by atoms with E-state index in [1.165, 1.54) is 0 Å². The molecule has 2 aromatic heterocycles. The maximum absolute atomic E-state index is 13.1. The SMILES string of the molecule is Cc1cc(Nc2cc(C(=O)N3CCCC(C)C3)nc(-c3ccccc3)n2)no1. The second-order valence-corrected chi connectivity index (χ2v) is 7.27.